The first-order valence-corrected chi connectivity index (χ1v) is 4.39. The van der Waals surface area contributed by atoms with Crippen molar-refractivity contribution in [1.82, 2.24) is 5.16 Å². The van der Waals surface area contributed by atoms with Gasteiger partial charge in [-0.15, -0.1) is 11.3 Å². The van der Waals surface area contributed by atoms with Crippen molar-refractivity contribution in [2.75, 3.05) is 0 Å². The number of halogens is 1. The van der Waals surface area contributed by atoms with Gasteiger partial charge in [-0.3, -0.25) is 0 Å². The molecule has 0 fully saturated rings. The van der Waals surface area contributed by atoms with Crippen molar-refractivity contribution in [2.24, 2.45) is 0 Å². The van der Waals surface area contributed by atoms with Crippen LogP contribution in [0.5, 0.6) is 0 Å². The number of hydrogen-bond donors (Lipinski definition) is 0. The van der Waals surface area contributed by atoms with Gasteiger partial charge in [0, 0.05) is 6.07 Å². The molecule has 2 heterocycles. The van der Waals surface area contributed by atoms with Gasteiger partial charge in [0.15, 0.2) is 5.58 Å². The fourth-order valence-electron chi connectivity index (χ4n) is 0.825. The maximum Gasteiger partial charge on any atom is 0.179 e. The number of aryl methyl sites for hydroxylation is 1. The Kier molecular flexibility index (Phi) is 1.32. The quantitative estimate of drug-likeness (QED) is 0.679. The molecule has 0 N–H and O–H groups in total. The molecule has 2 aromatic rings. The molecule has 0 unspecified atom stereocenters. The summed E-state index contributed by atoms with van der Waals surface area (Å²) < 4.78 is 7.22. The van der Waals surface area contributed by atoms with E-state index in [1.807, 2.05) is 13.0 Å². The maximum atomic E-state index is 5.00. The van der Waals surface area contributed by atoms with E-state index >= 15 is 0 Å². The summed E-state index contributed by atoms with van der Waals surface area (Å²) in [6.07, 6.45) is 0. The van der Waals surface area contributed by atoms with Gasteiger partial charge in [0.05, 0.1) is 14.2 Å². The van der Waals surface area contributed by atoms with Crippen LogP contribution in [-0.2, 0) is 0 Å². The zero-order valence-electron chi connectivity index (χ0n) is 5.22. The molecule has 52 valence electrons. The van der Waals surface area contributed by atoms with E-state index in [0.29, 0.717) is 0 Å². The minimum Gasteiger partial charge on any atom is -0.355 e. The molecule has 0 saturated carbocycles. The van der Waals surface area contributed by atoms with Crippen molar-refractivity contribution >= 4 is 37.5 Å². The van der Waals surface area contributed by atoms with Gasteiger partial charge >= 0.3 is 0 Å². The largest absolute Gasteiger partial charge is 0.355 e. The second-order valence-corrected chi connectivity index (χ2v) is 4.44. The van der Waals surface area contributed by atoms with Crippen LogP contribution in [0.3, 0.4) is 0 Å². The first kappa shape index (κ1) is 6.37. The molecule has 0 saturated heterocycles. The maximum absolute atomic E-state index is 5.00. The van der Waals surface area contributed by atoms with Crippen LogP contribution < -0.4 is 0 Å². The lowest BCUT2D eigenvalue weighted by Gasteiger charge is -1.73. The Bertz CT molecular complexity index is 365. The van der Waals surface area contributed by atoms with Crippen molar-refractivity contribution in [3.05, 3.63) is 15.5 Å². The second kappa shape index (κ2) is 2.07. The Morgan fingerprint density at radius 1 is 1.70 bits per heavy atom. The molecule has 2 aromatic heterocycles. The topological polar surface area (TPSA) is 26.0 Å². The van der Waals surface area contributed by atoms with Crippen LogP contribution in [0.4, 0.5) is 0 Å². The third kappa shape index (κ3) is 0.793. The fraction of sp³-hybridized carbons (Fsp3) is 0.167. The highest BCUT2D eigenvalue weighted by Crippen LogP contribution is 2.31. The average Bonchev–Trinajstić information content (AvgIpc) is 2.35. The summed E-state index contributed by atoms with van der Waals surface area (Å²) in [5.41, 5.74) is 1.83. The van der Waals surface area contributed by atoms with Crippen LogP contribution in [0.1, 0.15) is 5.69 Å². The summed E-state index contributed by atoms with van der Waals surface area (Å²) in [5.74, 6) is 0. The minimum atomic E-state index is 0.870. The molecule has 0 amide bonds. The zero-order valence-corrected chi connectivity index (χ0v) is 7.62. The summed E-state index contributed by atoms with van der Waals surface area (Å²) in [6.45, 7) is 1.94. The Morgan fingerprint density at radius 3 is 3.20 bits per heavy atom. The number of aromatic nitrogens is 1. The number of thiophene rings is 1. The van der Waals surface area contributed by atoms with Gasteiger partial charge in [0.1, 0.15) is 0 Å². The molecule has 0 atom stereocenters. The molecule has 10 heavy (non-hydrogen) atoms. The van der Waals surface area contributed by atoms with Gasteiger partial charge in [0.25, 0.3) is 0 Å². The van der Waals surface area contributed by atoms with Crippen molar-refractivity contribution in [3.63, 3.8) is 0 Å². The highest BCUT2D eigenvalue weighted by Gasteiger charge is 2.06. The van der Waals surface area contributed by atoms with Gasteiger partial charge in [-0.2, -0.15) is 0 Å². The van der Waals surface area contributed by atoms with E-state index in [-0.39, 0.29) is 0 Å². The number of fused-ring (bicyclic) bond motifs is 1. The smallest absolute Gasteiger partial charge is 0.179 e. The van der Waals surface area contributed by atoms with E-state index in [9.17, 15) is 0 Å². The molecule has 2 rings (SSSR count). The Morgan fingerprint density at radius 2 is 2.50 bits per heavy atom. The lowest BCUT2D eigenvalue weighted by molar-refractivity contribution is 0.450. The highest BCUT2D eigenvalue weighted by molar-refractivity contribution is 9.11. The van der Waals surface area contributed by atoms with Crippen LogP contribution >= 0.6 is 27.3 Å². The first-order chi connectivity index (χ1) is 4.77. The second-order valence-electron chi connectivity index (χ2n) is 2.01. The third-order valence-electron chi connectivity index (χ3n) is 1.28. The standard InChI is InChI=1S/C6H4BrNOS/c1-3-6-4(9-8-3)2-5(7)10-6/h2H,1H3. The van der Waals surface area contributed by atoms with E-state index in [1.165, 1.54) is 0 Å². The fourth-order valence-corrected chi connectivity index (χ4v) is 2.26. The zero-order chi connectivity index (χ0) is 7.14. The molecule has 0 aliphatic carbocycles. The Hall–Kier alpha value is -0.350. The van der Waals surface area contributed by atoms with Crippen molar-refractivity contribution in [1.29, 1.82) is 0 Å². The lowest BCUT2D eigenvalue weighted by Crippen LogP contribution is -1.62. The predicted molar refractivity (Wildman–Crippen MR) is 44.3 cm³/mol. The average molecular weight is 218 g/mol. The molecule has 0 radical (unpaired) electrons. The van der Waals surface area contributed by atoms with E-state index in [1.54, 1.807) is 11.3 Å². The number of nitrogens with zero attached hydrogens (tertiary/aromatic N) is 1. The molecule has 0 aliphatic rings. The summed E-state index contributed by atoms with van der Waals surface area (Å²) >= 11 is 5.01. The predicted octanol–water partition coefficient (Wildman–Crippen LogP) is 2.96. The molecule has 0 bridgehead atoms. The monoisotopic (exact) mass is 217 g/mol. The molecular formula is C6H4BrNOS. The summed E-state index contributed by atoms with van der Waals surface area (Å²) in [6, 6.07) is 1.93. The van der Waals surface area contributed by atoms with Gasteiger partial charge in [-0.1, -0.05) is 5.16 Å². The van der Waals surface area contributed by atoms with Crippen LogP contribution in [0, 0.1) is 6.92 Å². The Labute approximate surface area is 70.0 Å². The Balaban J connectivity index is 2.90. The van der Waals surface area contributed by atoms with Gasteiger partial charge in [-0.05, 0) is 22.9 Å². The first-order valence-electron chi connectivity index (χ1n) is 2.78. The summed E-state index contributed by atoms with van der Waals surface area (Å²) in [5, 5.41) is 3.81. The van der Waals surface area contributed by atoms with Crippen LogP contribution in [-0.4, -0.2) is 5.16 Å². The van der Waals surface area contributed by atoms with E-state index in [2.05, 4.69) is 21.1 Å². The van der Waals surface area contributed by atoms with Crippen molar-refractivity contribution in [2.45, 2.75) is 6.92 Å². The van der Waals surface area contributed by atoms with Gasteiger partial charge in [0.2, 0.25) is 0 Å². The molecule has 2 nitrogen and oxygen atoms in total. The number of hydrogen-bond acceptors (Lipinski definition) is 3. The molecule has 0 spiro atoms. The van der Waals surface area contributed by atoms with E-state index in [4.69, 9.17) is 4.52 Å². The third-order valence-corrected chi connectivity index (χ3v) is 3.01. The van der Waals surface area contributed by atoms with Crippen molar-refractivity contribution in [3.8, 4) is 0 Å². The SMILES string of the molecule is Cc1noc2cc(Br)sc12. The summed E-state index contributed by atoms with van der Waals surface area (Å²) in [7, 11) is 0. The molecular weight excluding hydrogens is 214 g/mol. The van der Waals surface area contributed by atoms with Gasteiger partial charge < -0.3 is 4.52 Å². The summed E-state index contributed by atoms with van der Waals surface area (Å²) in [4.78, 5) is 0. The van der Waals surface area contributed by atoms with Crippen LogP contribution in [0.25, 0.3) is 10.3 Å². The normalized spacial score (nSPS) is 11.0. The van der Waals surface area contributed by atoms with Crippen molar-refractivity contribution < 1.29 is 4.52 Å². The number of rotatable bonds is 0. The molecule has 4 heteroatoms. The van der Waals surface area contributed by atoms with Gasteiger partial charge in [-0.25, -0.2) is 0 Å². The highest BCUT2D eigenvalue weighted by atomic mass is 79.9. The molecule has 0 aromatic carbocycles. The van der Waals surface area contributed by atoms with E-state index in [0.717, 1.165) is 19.8 Å². The van der Waals surface area contributed by atoms with Crippen LogP contribution in [0.2, 0.25) is 0 Å². The van der Waals surface area contributed by atoms with Crippen LogP contribution in [0.15, 0.2) is 14.4 Å². The minimum absolute atomic E-state index is 0.870. The lowest BCUT2D eigenvalue weighted by atomic mass is 10.4. The molecule has 0 aliphatic heterocycles. The van der Waals surface area contributed by atoms with E-state index < -0.39 is 0 Å².